The first-order chi connectivity index (χ1) is 15.5. The van der Waals surface area contributed by atoms with Crippen LogP contribution in [0, 0.1) is 0 Å². The largest absolute Gasteiger partial charge is 0.484 e. The fourth-order valence-corrected chi connectivity index (χ4v) is 3.62. The number of rotatable bonds is 8. The van der Waals surface area contributed by atoms with Gasteiger partial charge in [0, 0.05) is 41.7 Å². The first-order valence-corrected chi connectivity index (χ1v) is 10.9. The highest BCUT2D eigenvalue weighted by Gasteiger charge is 2.32. The van der Waals surface area contributed by atoms with Gasteiger partial charge in [0.05, 0.1) is 0 Å². The van der Waals surface area contributed by atoms with Crippen molar-refractivity contribution in [3.63, 3.8) is 0 Å². The summed E-state index contributed by atoms with van der Waals surface area (Å²) in [7, 11) is 0. The van der Waals surface area contributed by atoms with Gasteiger partial charge in [0.25, 0.3) is 11.8 Å². The molecule has 2 aliphatic carbocycles. The maximum absolute atomic E-state index is 12.9. The summed E-state index contributed by atoms with van der Waals surface area (Å²) in [5.74, 6) is 0.327. The van der Waals surface area contributed by atoms with E-state index in [1.165, 1.54) is 6.07 Å². The Morgan fingerprint density at radius 2 is 1.75 bits per heavy atom. The van der Waals surface area contributed by atoms with Gasteiger partial charge < -0.3 is 19.4 Å². The lowest BCUT2D eigenvalue weighted by Crippen LogP contribution is -2.36. The second-order valence-corrected chi connectivity index (χ2v) is 8.44. The van der Waals surface area contributed by atoms with E-state index >= 15 is 0 Å². The number of amides is 2. The van der Waals surface area contributed by atoms with Gasteiger partial charge in [0.2, 0.25) is 0 Å². The summed E-state index contributed by atoms with van der Waals surface area (Å²) < 4.78 is 10.9. The molecule has 2 saturated carbocycles. The van der Waals surface area contributed by atoms with E-state index in [0.29, 0.717) is 29.5 Å². The Kier molecular flexibility index (Phi) is 5.39. The molecule has 164 valence electrons. The lowest BCUT2D eigenvalue weighted by Gasteiger charge is -2.23. The van der Waals surface area contributed by atoms with Crippen LogP contribution in [0.5, 0.6) is 5.75 Å². The van der Waals surface area contributed by atoms with Gasteiger partial charge in [-0.15, -0.1) is 0 Å². The van der Waals surface area contributed by atoms with Crippen molar-refractivity contribution in [3.05, 3.63) is 76.1 Å². The molecule has 2 aromatic carbocycles. The van der Waals surface area contributed by atoms with Crippen molar-refractivity contribution in [1.29, 1.82) is 0 Å². The van der Waals surface area contributed by atoms with Crippen molar-refractivity contribution in [2.75, 3.05) is 6.61 Å². The molecule has 1 N–H and O–H groups in total. The summed E-state index contributed by atoms with van der Waals surface area (Å²) in [6, 6.07) is 16.2. The molecule has 1 aromatic heterocycles. The van der Waals surface area contributed by atoms with E-state index in [4.69, 9.17) is 9.15 Å². The average Bonchev–Trinajstić information content (AvgIpc) is 3.71. The van der Waals surface area contributed by atoms with Crippen molar-refractivity contribution < 1.29 is 18.7 Å². The highest BCUT2D eigenvalue weighted by atomic mass is 16.5. The summed E-state index contributed by atoms with van der Waals surface area (Å²) in [5.41, 5.74) is 1.60. The number of carbonyl (C=O) groups is 2. The number of hydrogen-bond donors (Lipinski definition) is 1. The quantitative estimate of drug-likeness (QED) is 0.552. The van der Waals surface area contributed by atoms with Crippen LogP contribution in [-0.2, 0) is 11.3 Å². The van der Waals surface area contributed by atoms with Crippen LogP contribution in [0.3, 0.4) is 0 Å². The van der Waals surface area contributed by atoms with Crippen LogP contribution in [0.15, 0.2) is 63.8 Å². The van der Waals surface area contributed by atoms with Gasteiger partial charge in [-0.1, -0.05) is 12.1 Å². The topological polar surface area (TPSA) is 88.9 Å². The summed E-state index contributed by atoms with van der Waals surface area (Å²) in [5, 5.41) is 3.77. The van der Waals surface area contributed by atoms with E-state index in [1.54, 1.807) is 24.3 Å². The Hall–Kier alpha value is -3.61. The maximum atomic E-state index is 12.9. The van der Waals surface area contributed by atoms with Gasteiger partial charge >= 0.3 is 5.63 Å². The predicted molar refractivity (Wildman–Crippen MR) is 118 cm³/mol. The molecule has 0 atom stereocenters. The third-order valence-corrected chi connectivity index (χ3v) is 5.75. The highest BCUT2D eigenvalue weighted by Crippen LogP contribution is 2.29. The average molecular weight is 432 g/mol. The molecule has 7 nitrogen and oxygen atoms in total. The van der Waals surface area contributed by atoms with E-state index in [1.807, 2.05) is 29.2 Å². The number of nitrogens with zero attached hydrogens (tertiary/aromatic N) is 1. The van der Waals surface area contributed by atoms with Crippen molar-refractivity contribution in [2.24, 2.45) is 0 Å². The summed E-state index contributed by atoms with van der Waals surface area (Å²) in [4.78, 5) is 38.3. The fraction of sp³-hybridized carbons (Fsp3) is 0.320. The second-order valence-electron chi connectivity index (χ2n) is 8.44. The minimum atomic E-state index is -0.429. The second kappa shape index (κ2) is 8.49. The first-order valence-electron chi connectivity index (χ1n) is 10.9. The predicted octanol–water partition coefficient (Wildman–Crippen LogP) is 3.26. The third kappa shape index (κ3) is 4.82. The lowest BCUT2D eigenvalue weighted by atomic mass is 10.1. The van der Waals surface area contributed by atoms with Crippen LogP contribution in [0.25, 0.3) is 11.0 Å². The number of nitrogens with one attached hydrogen (secondary N) is 1. The molecule has 0 radical (unpaired) electrons. The number of carbonyl (C=O) groups excluding carboxylic acids is 2. The minimum absolute atomic E-state index is 0.0474. The van der Waals surface area contributed by atoms with Crippen LogP contribution >= 0.6 is 0 Å². The van der Waals surface area contributed by atoms with Gasteiger partial charge in [-0.25, -0.2) is 4.79 Å². The molecule has 7 heteroatoms. The number of benzene rings is 2. The number of hydrogen-bond acceptors (Lipinski definition) is 5. The molecular formula is C25H24N2O5. The molecule has 0 bridgehead atoms. The Balaban J connectivity index is 1.21. The molecular weight excluding hydrogens is 408 g/mol. The van der Waals surface area contributed by atoms with Gasteiger partial charge in [0.1, 0.15) is 11.3 Å². The van der Waals surface area contributed by atoms with Crippen molar-refractivity contribution in [1.82, 2.24) is 10.2 Å². The van der Waals surface area contributed by atoms with Gasteiger partial charge in [0.15, 0.2) is 6.61 Å². The van der Waals surface area contributed by atoms with Crippen LogP contribution in [0.2, 0.25) is 0 Å². The van der Waals surface area contributed by atoms with Gasteiger partial charge in [-0.05, 0) is 61.6 Å². The molecule has 0 aliphatic heterocycles. The Bertz CT molecular complexity index is 1210. The molecule has 0 unspecified atom stereocenters. The fourth-order valence-electron chi connectivity index (χ4n) is 3.62. The molecule has 0 saturated heterocycles. The Morgan fingerprint density at radius 3 is 2.47 bits per heavy atom. The monoisotopic (exact) mass is 432 g/mol. The lowest BCUT2D eigenvalue weighted by molar-refractivity contribution is -0.134. The zero-order valence-electron chi connectivity index (χ0n) is 17.6. The Morgan fingerprint density at radius 1 is 1.00 bits per heavy atom. The molecule has 3 aromatic rings. The van der Waals surface area contributed by atoms with Crippen molar-refractivity contribution in [2.45, 2.75) is 44.3 Å². The van der Waals surface area contributed by atoms with Crippen LogP contribution in [-0.4, -0.2) is 35.4 Å². The maximum Gasteiger partial charge on any atom is 0.336 e. The van der Waals surface area contributed by atoms with E-state index in [-0.39, 0.29) is 24.5 Å². The summed E-state index contributed by atoms with van der Waals surface area (Å²) >= 11 is 0. The Labute approximate surface area is 185 Å². The molecule has 0 spiro atoms. The molecule has 2 amide bonds. The van der Waals surface area contributed by atoms with Crippen LogP contribution in [0.4, 0.5) is 0 Å². The normalized spacial score (nSPS) is 15.4. The summed E-state index contributed by atoms with van der Waals surface area (Å²) in [6.45, 7) is 0.380. The van der Waals surface area contributed by atoms with Gasteiger partial charge in [-0.2, -0.15) is 0 Å². The molecule has 5 rings (SSSR count). The van der Waals surface area contributed by atoms with Crippen molar-refractivity contribution in [3.8, 4) is 5.75 Å². The van der Waals surface area contributed by atoms with E-state index in [2.05, 4.69) is 5.32 Å². The van der Waals surface area contributed by atoms with Crippen LogP contribution < -0.4 is 15.7 Å². The molecule has 2 fully saturated rings. The highest BCUT2D eigenvalue weighted by molar-refractivity contribution is 5.94. The SMILES string of the molecule is O=C(NC1CC1)c1ccc(CN(C(=O)COc2ccc3ccc(=O)oc3c2)C2CC2)cc1. The van der Waals surface area contributed by atoms with E-state index < -0.39 is 5.63 Å². The molecule has 32 heavy (non-hydrogen) atoms. The first kappa shape index (κ1) is 20.3. The zero-order valence-corrected chi connectivity index (χ0v) is 17.6. The van der Waals surface area contributed by atoms with Crippen LogP contribution in [0.1, 0.15) is 41.6 Å². The smallest absolute Gasteiger partial charge is 0.336 e. The van der Waals surface area contributed by atoms with E-state index in [9.17, 15) is 14.4 Å². The zero-order chi connectivity index (χ0) is 22.1. The number of ether oxygens (including phenoxy) is 1. The van der Waals surface area contributed by atoms with Gasteiger partial charge in [-0.3, -0.25) is 9.59 Å². The summed E-state index contributed by atoms with van der Waals surface area (Å²) in [6.07, 6.45) is 4.07. The van der Waals surface area contributed by atoms with Crippen molar-refractivity contribution >= 4 is 22.8 Å². The molecule has 2 aliphatic rings. The standard InChI is InChI=1S/C25H24N2O5/c28-23(15-31-21-11-5-17-6-12-24(29)32-22(17)13-21)27(20-9-10-20)14-16-1-3-18(4-2-16)25(30)26-19-7-8-19/h1-6,11-13,19-20H,7-10,14-15H2,(H,26,30). The molecule has 1 heterocycles. The number of fused-ring (bicyclic) bond motifs is 1. The third-order valence-electron chi connectivity index (χ3n) is 5.75. The van der Waals surface area contributed by atoms with E-state index in [0.717, 1.165) is 36.6 Å². The minimum Gasteiger partial charge on any atom is -0.484 e.